The first-order valence-electron chi connectivity index (χ1n) is 9.92. The van der Waals surface area contributed by atoms with Crippen LogP contribution in [0.1, 0.15) is 28.7 Å². The Labute approximate surface area is 180 Å². The maximum atomic E-state index is 12.4. The minimum absolute atomic E-state index is 0.0378. The van der Waals surface area contributed by atoms with Gasteiger partial charge in [0.25, 0.3) is 5.91 Å². The number of carbonyl (C=O) groups is 2. The molecule has 3 aromatic rings. The molecule has 31 heavy (non-hydrogen) atoms. The lowest BCUT2D eigenvalue weighted by molar-refractivity contribution is -0.147. The number of benzene rings is 2. The highest BCUT2D eigenvalue weighted by Gasteiger charge is 2.15. The fourth-order valence-electron chi connectivity index (χ4n) is 3.42. The van der Waals surface area contributed by atoms with Crippen molar-refractivity contribution in [1.29, 1.82) is 0 Å². The van der Waals surface area contributed by atoms with Crippen LogP contribution < -0.4 is 15.7 Å². The van der Waals surface area contributed by atoms with Crippen LogP contribution in [0.2, 0.25) is 0 Å². The molecule has 0 unspecified atom stereocenters. The summed E-state index contributed by atoms with van der Waals surface area (Å²) in [6.07, 6.45) is 0.122. The molecule has 1 heterocycles. The van der Waals surface area contributed by atoms with Gasteiger partial charge in [0, 0.05) is 29.1 Å². The monoisotopic (exact) mass is 423 g/mol. The molecular formula is C24H25NO6. The molecule has 0 atom stereocenters. The number of carbonyl (C=O) groups excluding carboxylic acids is 2. The zero-order chi connectivity index (χ0) is 22.5. The maximum absolute atomic E-state index is 12.4. The molecule has 0 aliphatic heterocycles. The lowest BCUT2D eigenvalue weighted by Gasteiger charge is -2.12. The van der Waals surface area contributed by atoms with E-state index >= 15 is 0 Å². The summed E-state index contributed by atoms with van der Waals surface area (Å²) in [5.41, 5.74) is 3.65. The van der Waals surface area contributed by atoms with Gasteiger partial charge in [-0.25, -0.2) is 4.79 Å². The molecule has 0 aliphatic carbocycles. The van der Waals surface area contributed by atoms with Gasteiger partial charge in [-0.1, -0.05) is 18.2 Å². The lowest BCUT2D eigenvalue weighted by Crippen LogP contribution is -2.22. The van der Waals surface area contributed by atoms with Crippen LogP contribution in [0.15, 0.2) is 45.6 Å². The van der Waals surface area contributed by atoms with E-state index in [2.05, 4.69) is 5.32 Å². The number of anilines is 1. The fourth-order valence-corrected chi connectivity index (χ4v) is 3.42. The second-order valence-corrected chi connectivity index (χ2v) is 7.33. The topological polar surface area (TPSA) is 94.8 Å². The van der Waals surface area contributed by atoms with Crippen molar-refractivity contribution in [2.75, 3.05) is 19.0 Å². The molecule has 0 bridgehead atoms. The largest absolute Gasteiger partial charge is 0.497 e. The third-order valence-electron chi connectivity index (χ3n) is 5.18. The quantitative estimate of drug-likeness (QED) is 0.458. The van der Waals surface area contributed by atoms with E-state index in [0.717, 1.165) is 22.1 Å². The van der Waals surface area contributed by atoms with Crippen molar-refractivity contribution >= 4 is 28.5 Å². The first-order valence-corrected chi connectivity index (χ1v) is 9.92. The summed E-state index contributed by atoms with van der Waals surface area (Å²) in [5, 5.41) is 3.54. The summed E-state index contributed by atoms with van der Waals surface area (Å²) < 4.78 is 15.6. The molecule has 0 spiro atoms. The van der Waals surface area contributed by atoms with E-state index in [-0.39, 0.29) is 12.8 Å². The van der Waals surface area contributed by atoms with Crippen LogP contribution in [0.5, 0.6) is 5.75 Å². The number of aryl methyl sites for hydroxylation is 3. The van der Waals surface area contributed by atoms with E-state index in [1.54, 1.807) is 12.1 Å². The van der Waals surface area contributed by atoms with E-state index < -0.39 is 24.1 Å². The second-order valence-electron chi connectivity index (χ2n) is 7.33. The summed E-state index contributed by atoms with van der Waals surface area (Å²) in [5.74, 6) is -0.392. The normalized spacial score (nSPS) is 10.7. The fraction of sp³-hybridized carbons (Fsp3) is 0.292. The van der Waals surface area contributed by atoms with Gasteiger partial charge in [-0.15, -0.1) is 0 Å². The second kappa shape index (κ2) is 9.47. The van der Waals surface area contributed by atoms with Crippen LogP contribution in [0, 0.1) is 20.8 Å². The van der Waals surface area contributed by atoms with Crippen LogP contribution in [0.3, 0.4) is 0 Å². The molecule has 0 fully saturated rings. The minimum atomic E-state index is -0.565. The highest BCUT2D eigenvalue weighted by molar-refractivity contribution is 5.94. The zero-order valence-corrected chi connectivity index (χ0v) is 18.0. The lowest BCUT2D eigenvalue weighted by atomic mass is 10.0. The number of hydrogen-bond donors (Lipinski definition) is 1. The molecule has 7 heteroatoms. The van der Waals surface area contributed by atoms with Gasteiger partial charge in [0.2, 0.25) is 0 Å². The van der Waals surface area contributed by atoms with Gasteiger partial charge in [0.15, 0.2) is 6.61 Å². The summed E-state index contributed by atoms with van der Waals surface area (Å²) in [7, 11) is 1.54. The van der Waals surface area contributed by atoms with Crippen molar-refractivity contribution in [3.63, 3.8) is 0 Å². The molecular weight excluding hydrogens is 398 g/mol. The van der Waals surface area contributed by atoms with Gasteiger partial charge in [-0.3, -0.25) is 9.59 Å². The van der Waals surface area contributed by atoms with Crippen molar-refractivity contribution < 1.29 is 23.5 Å². The van der Waals surface area contributed by atoms with E-state index in [1.165, 1.54) is 7.11 Å². The number of rotatable bonds is 7. The van der Waals surface area contributed by atoms with E-state index in [4.69, 9.17) is 13.9 Å². The molecule has 7 nitrogen and oxygen atoms in total. The predicted molar refractivity (Wildman–Crippen MR) is 118 cm³/mol. The average Bonchev–Trinajstić information content (AvgIpc) is 2.74. The summed E-state index contributed by atoms with van der Waals surface area (Å²) in [6.45, 7) is 5.20. The molecule has 162 valence electrons. The average molecular weight is 423 g/mol. The summed E-state index contributed by atoms with van der Waals surface area (Å²) in [6, 6.07) is 10.9. The third kappa shape index (κ3) is 5.12. The molecule has 3 rings (SSSR count). The number of esters is 1. The van der Waals surface area contributed by atoms with Crippen LogP contribution in [-0.4, -0.2) is 25.6 Å². The summed E-state index contributed by atoms with van der Waals surface area (Å²) in [4.78, 5) is 36.6. The highest BCUT2D eigenvalue weighted by Crippen LogP contribution is 2.24. The van der Waals surface area contributed by atoms with E-state index in [9.17, 15) is 14.4 Å². The molecule has 2 aromatic carbocycles. The van der Waals surface area contributed by atoms with Crippen molar-refractivity contribution in [3.8, 4) is 5.75 Å². The Morgan fingerprint density at radius 1 is 1.06 bits per heavy atom. The van der Waals surface area contributed by atoms with Gasteiger partial charge in [-0.05, 0) is 56.0 Å². The molecule has 0 saturated carbocycles. The van der Waals surface area contributed by atoms with Crippen LogP contribution in [0.25, 0.3) is 11.0 Å². The Hall–Kier alpha value is -3.61. The Kier molecular flexibility index (Phi) is 6.74. The van der Waals surface area contributed by atoms with Gasteiger partial charge in [0.05, 0.1) is 7.11 Å². The van der Waals surface area contributed by atoms with Crippen LogP contribution in [0.4, 0.5) is 5.69 Å². The van der Waals surface area contributed by atoms with Crippen molar-refractivity contribution in [3.05, 3.63) is 69.1 Å². The molecule has 0 radical (unpaired) electrons. The van der Waals surface area contributed by atoms with Crippen molar-refractivity contribution in [1.82, 2.24) is 0 Å². The summed E-state index contributed by atoms with van der Waals surface area (Å²) >= 11 is 0. The predicted octanol–water partition coefficient (Wildman–Crippen LogP) is 3.84. The minimum Gasteiger partial charge on any atom is -0.497 e. The molecule has 0 aliphatic rings. The highest BCUT2D eigenvalue weighted by atomic mass is 16.5. The molecule has 1 amide bonds. The Morgan fingerprint density at radius 3 is 2.45 bits per heavy atom. The van der Waals surface area contributed by atoms with Gasteiger partial charge < -0.3 is 19.2 Å². The van der Waals surface area contributed by atoms with Gasteiger partial charge >= 0.3 is 11.6 Å². The number of amides is 1. The van der Waals surface area contributed by atoms with Gasteiger partial charge in [0.1, 0.15) is 11.3 Å². The Morgan fingerprint density at radius 2 is 1.77 bits per heavy atom. The standard InChI is InChI=1S/C24H25NO6/c1-14-6-5-7-15(2)23(14)25-21(26)13-30-22(27)11-10-19-16(3)18-9-8-17(29-4)12-20(18)31-24(19)28/h5-9,12H,10-11,13H2,1-4H3,(H,25,26). The number of methoxy groups -OCH3 is 1. The van der Waals surface area contributed by atoms with Crippen LogP contribution in [-0.2, 0) is 20.7 Å². The Balaban J connectivity index is 1.60. The van der Waals surface area contributed by atoms with E-state index in [1.807, 2.05) is 45.0 Å². The number of nitrogens with one attached hydrogen (secondary N) is 1. The molecule has 1 N–H and O–H groups in total. The first-order chi connectivity index (χ1) is 14.8. The maximum Gasteiger partial charge on any atom is 0.339 e. The van der Waals surface area contributed by atoms with E-state index in [0.29, 0.717) is 22.6 Å². The van der Waals surface area contributed by atoms with Crippen molar-refractivity contribution in [2.24, 2.45) is 0 Å². The SMILES string of the molecule is COc1ccc2c(C)c(CCC(=O)OCC(=O)Nc3c(C)cccc3C)c(=O)oc2c1. The van der Waals surface area contributed by atoms with Gasteiger partial charge in [-0.2, -0.15) is 0 Å². The Bertz CT molecular complexity index is 1170. The first kappa shape index (κ1) is 22.1. The number of ether oxygens (including phenoxy) is 2. The molecule has 0 saturated heterocycles. The number of fused-ring (bicyclic) bond motifs is 1. The smallest absolute Gasteiger partial charge is 0.339 e. The molecule has 1 aromatic heterocycles. The zero-order valence-electron chi connectivity index (χ0n) is 18.0. The van der Waals surface area contributed by atoms with Crippen molar-refractivity contribution in [2.45, 2.75) is 33.6 Å². The number of hydrogen-bond acceptors (Lipinski definition) is 6. The number of para-hydroxylation sites is 1. The van der Waals surface area contributed by atoms with Crippen LogP contribution >= 0.6 is 0 Å². The third-order valence-corrected chi connectivity index (χ3v) is 5.18.